The van der Waals surface area contributed by atoms with Gasteiger partial charge in [-0.25, -0.2) is 0 Å². The lowest BCUT2D eigenvalue weighted by Gasteiger charge is -2.14. The lowest BCUT2D eigenvalue weighted by Crippen LogP contribution is -2.14. The van der Waals surface area contributed by atoms with E-state index < -0.39 is 0 Å². The molecule has 0 saturated carbocycles. The first-order valence-electron chi connectivity index (χ1n) is 6.68. The van der Waals surface area contributed by atoms with Crippen LogP contribution in [0.4, 0.5) is 0 Å². The quantitative estimate of drug-likeness (QED) is 0.835. The molecular weight excluding hydrogens is 230 g/mol. The van der Waals surface area contributed by atoms with Gasteiger partial charge in [0, 0.05) is 17.8 Å². The lowest BCUT2D eigenvalue weighted by molar-refractivity contribution is 0.818. The maximum Gasteiger partial charge on any atom is 0.0419 e. The Balaban J connectivity index is 2.68. The number of aryl methyl sites for hydroxylation is 1. The Hall–Kier alpha value is -2.02. The zero-order valence-corrected chi connectivity index (χ0v) is 11.8. The highest BCUT2D eigenvalue weighted by atomic mass is 14.9. The van der Waals surface area contributed by atoms with E-state index >= 15 is 0 Å². The summed E-state index contributed by atoms with van der Waals surface area (Å²) in [5.41, 5.74) is 7.82. The number of benzene rings is 1. The van der Waals surface area contributed by atoms with Crippen LogP contribution in [-0.4, -0.2) is 6.54 Å². The van der Waals surface area contributed by atoms with Crippen molar-refractivity contribution in [1.29, 1.82) is 0 Å². The van der Waals surface area contributed by atoms with Crippen LogP contribution in [0.25, 0.3) is 5.57 Å². The zero-order chi connectivity index (χ0) is 13.8. The Labute approximate surface area is 116 Å². The van der Waals surface area contributed by atoms with E-state index in [1.807, 2.05) is 18.2 Å². The second-order valence-electron chi connectivity index (χ2n) is 4.84. The van der Waals surface area contributed by atoms with Crippen molar-refractivity contribution >= 4 is 5.57 Å². The SMILES string of the molecule is C=C/C=C1\C(=C/C=C)NCCc2c1ccc(C)c2C. The largest absolute Gasteiger partial charge is 0.384 e. The summed E-state index contributed by atoms with van der Waals surface area (Å²) in [6.07, 6.45) is 8.82. The van der Waals surface area contributed by atoms with Gasteiger partial charge in [-0.1, -0.05) is 43.5 Å². The standard InChI is InChI=1S/C18H21N/c1-5-7-17-16-10-9-13(3)14(4)15(16)11-12-19-18(17)8-6-2/h5-10,19H,1-2,11-12H2,3-4H3/b17-7-,18-8+. The molecule has 0 aromatic heterocycles. The van der Waals surface area contributed by atoms with Gasteiger partial charge in [-0.05, 0) is 48.6 Å². The molecule has 0 amide bonds. The molecule has 0 unspecified atom stereocenters. The molecule has 1 aromatic carbocycles. The minimum Gasteiger partial charge on any atom is -0.384 e. The predicted octanol–water partition coefficient (Wildman–Crippen LogP) is 4.09. The van der Waals surface area contributed by atoms with Crippen LogP contribution in [0.2, 0.25) is 0 Å². The summed E-state index contributed by atoms with van der Waals surface area (Å²) in [4.78, 5) is 0. The summed E-state index contributed by atoms with van der Waals surface area (Å²) in [6, 6.07) is 4.42. The normalized spacial score (nSPS) is 18.6. The Bertz CT molecular complexity index is 574. The number of hydrogen-bond acceptors (Lipinski definition) is 1. The molecule has 19 heavy (non-hydrogen) atoms. The van der Waals surface area contributed by atoms with E-state index in [9.17, 15) is 0 Å². The maximum atomic E-state index is 3.84. The fraction of sp³-hybridized carbons (Fsp3) is 0.222. The van der Waals surface area contributed by atoms with Crippen molar-refractivity contribution < 1.29 is 0 Å². The van der Waals surface area contributed by atoms with Crippen molar-refractivity contribution in [3.8, 4) is 0 Å². The van der Waals surface area contributed by atoms with E-state index in [-0.39, 0.29) is 0 Å². The Morgan fingerprint density at radius 3 is 2.53 bits per heavy atom. The van der Waals surface area contributed by atoms with E-state index in [0.717, 1.165) is 18.7 Å². The van der Waals surface area contributed by atoms with Crippen molar-refractivity contribution in [3.05, 3.63) is 77.5 Å². The van der Waals surface area contributed by atoms with Gasteiger partial charge in [-0.15, -0.1) is 0 Å². The van der Waals surface area contributed by atoms with Crippen LogP contribution in [0.15, 0.2) is 55.3 Å². The molecule has 1 nitrogen and oxygen atoms in total. The molecule has 1 heteroatoms. The van der Waals surface area contributed by atoms with Crippen molar-refractivity contribution in [3.63, 3.8) is 0 Å². The maximum absolute atomic E-state index is 3.84. The van der Waals surface area contributed by atoms with Crippen molar-refractivity contribution in [1.82, 2.24) is 5.32 Å². The van der Waals surface area contributed by atoms with E-state index in [1.54, 1.807) is 0 Å². The molecule has 1 aliphatic rings. The van der Waals surface area contributed by atoms with Gasteiger partial charge in [0.2, 0.25) is 0 Å². The van der Waals surface area contributed by atoms with Crippen LogP contribution >= 0.6 is 0 Å². The molecule has 0 atom stereocenters. The van der Waals surface area contributed by atoms with Crippen molar-refractivity contribution in [2.24, 2.45) is 0 Å². The third kappa shape index (κ3) is 2.55. The molecule has 1 aromatic rings. The van der Waals surface area contributed by atoms with E-state index in [0.29, 0.717) is 0 Å². The number of rotatable bonds is 2. The van der Waals surface area contributed by atoms with Gasteiger partial charge in [0.15, 0.2) is 0 Å². The first kappa shape index (κ1) is 13.4. The van der Waals surface area contributed by atoms with Crippen LogP contribution in [0.5, 0.6) is 0 Å². The average Bonchev–Trinajstić information content (AvgIpc) is 2.56. The van der Waals surface area contributed by atoms with Crippen molar-refractivity contribution in [2.45, 2.75) is 20.3 Å². The Morgan fingerprint density at radius 1 is 1.11 bits per heavy atom. The fourth-order valence-electron chi connectivity index (χ4n) is 2.57. The molecule has 0 spiro atoms. The van der Waals surface area contributed by atoms with Crippen molar-refractivity contribution in [2.75, 3.05) is 6.54 Å². The summed E-state index contributed by atoms with van der Waals surface area (Å²) in [5, 5.41) is 3.48. The zero-order valence-electron chi connectivity index (χ0n) is 11.8. The Kier molecular flexibility index (Phi) is 4.06. The van der Waals surface area contributed by atoms with Gasteiger partial charge in [0.1, 0.15) is 0 Å². The minimum absolute atomic E-state index is 0.950. The van der Waals surface area contributed by atoms with Gasteiger partial charge in [0.05, 0.1) is 0 Å². The molecule has 2 rings (SSSR count). The first-order chi connectivity index (χ1) is 9.19. The summed E-state index contributed by atoms with van der Waals surface area (Å²) >= 11 is 0. The molecule has 1 heterocycles. The lowest BCUT2D eigenvalue weighted by atomic mass is 9.91. The van der Waals surface area contributed by atoms with Crippen LogP contribution in [0.1, 0.15) is 22.3 Å². The molecule has 0 radical (unpaired) electrons. The molecule has 0 saturated heterocycles. The molecule has 98 valence electrons. The van der Waals surface area contributed by atoms with Gasteiger partial charge >= 0.3 is 0 Å². The van der Waals surface area contributed by atoms with Gasteiger partial charge < -0.3 is 5.32 Å². The van der Waals surface area contributed by atoms with Crippen LogP contribution in [0.3, 0.4) is 0 Å². The highest BCUT2D eigenvalue weighted by molar-refractivity contribution is 5.83. The van der Waals surface area contributed by atoms with Gasteiger partial charge in [-0.2, -0.15) is 0 Å². The topological polar surface area (TPSA) is 12.0 Å². The molecule has 1 N–H and O–H groups in total. The van der Waals surface area contributed by atoms with Crippen LogP contribution < -0.4 is 5.32 Å². The monoisotopic (exact) mass is 251 g/mol. The van der Waals surface area contributed by atoms with Gasteiger partial charge in [0.25, 0.3) is 0 Å². The highest BCUT2D eigenvalue weighted by Crippen LogP contribution is 2.31. The summed E-state index contributed by atoms with van der Waals surface area (Å²) in [5.74, 6) is 0. The minimum atomic E-state index is 0.950. The number of allylic oxidation sites excluding steroid dienone is 5. The summed E-state index contributed by atoms with van der Waals surface area (Å²) < 4.78 is 0. The first-order valence-corrected chi connectivity index (χ1v) is 6.68. The fourth-order valence-corrected chi connectivity index (χ4v) is 2.57. The third-order valence-electron chi connectivity index (χ3n) is 3.71. The van der Waals surface area contributed by atoms with E-state index in [1.165, 1.54) is 27.8 Å². The van der Waals surface area contributed by atoms with Crippen LogP contribution in [0, 0.1) is 13.8 Å². The summed E-state index contributed by atoms with van der Waals surface area (Å²) in [6.45, 7) is 13.0. The summed E-state index contributed by atoms with van der Waals surface area (Å²) in [7, 11) is 0. The smallest absolute Gasteiger partial charge is 0.0419 e. The van der Waals surface area contributed by atoms with E-state index in [4.69, 9.17) is 0 Å². The molecule has 0 aliphatic carbocycles. The molecule has 0 bridgehead atoms. The third-order valence-corrected chi connectivity index (χ3v) is 3.71. The predicted molar refractivity (Wildman–Crippen MR) is 84.1 cm³/mol. The molecular formula is C18H21N. The Morgan fingerprint density at radius 2 is 1.84 bits per heavy atom. The number of hydrogen-bond donors (Lipinski definition) is 1. The number of fused-ring (bicyclic) bond motifs is 1. The molecule has 0 fully saturated rings. The average molecular weight is 251 g/mol. The van der Waals surface area contributed by atoms with Crippen LogP contribution in [-0.2, 0) is 6.42 Å². The second kappa shape index (κ2) is 5.75. The van der Waals surface area contributed by atoms with E-state index in [2.05, 4.69) is 50.5 Å². The van der Waals surface area contributed by atoms with Gasteiger partial charge in [-0.3, -0.25) is 0 Å². The number of nitrogens with one attached hydrogen (secondary N) is 1. The highest BCUT2D eigenvalue weighted by Gasteiger charge is 2.17. The molecule has 1 aliphatic heterocycles. The second-order valence-corrected chi connectivity index (χ2v) is 4.84.